The number of carbonyl (C=O) groups excluding carboxylic acids is 1. The zero-order valence-corrected chi connectivity index (χ0v) is 23.6. The Morgan fingerprint density at radius 3 is 2.39 bits per heavy atom. The predicted molar refractivity (Wildman–Crippen MR) is 158 cm³/mol. The van der Waals surface area contributed by atoms with Crippen molar-refractivity contribution in [2.24, 2.45) is 0 Å². The van der Waals surface area contributed by atoms with Crippen LogP contribution in [-0.2, 0) is 15.0 Å². The van der Waals surface area contributed by atoms with Crippen molar-refractivity contribution in [1.82, 2.24) is 10.3 Å². The molecular formula is C30H36N6O5. The smallest absolute Gasteiger partial charge is 0.408 e. The molecule has 0 radical (unpaired) electrons. The molecule has 41 heavy (non-hydrogen) atoms. The van der Waals surface area contributed by atoms with Gasteiger partial charge in [0.15, 0.2) is 0 Å². The van der Waals surface area contributed by atoms with Crippen molar-refractivity contribution in [3.8, 4) is 0 Å². The molecule has 1 amide bonds. The van der Waals surface area contributed by atoms with Crippen LogP contribution >= 0.6 is 0 Å². The molecule has 1 saturated heterocycles. The number of anilines is 5. The number of nitro groups is 1. The third-order valence-electron chi connectivity index (χ3n) is 7.21. The van der Waals surface area contributed by atoms with E-state index in [1.807, 2.05) is 69.3 Å². The van der Waals surface area contributed by atoms with Gasteiger partial charge in [-0.05, 0) is 82.0 Å². The zero-order chi connectivity index (χ0) is 29.0. The lowest BCUT2D eigenvalue weighted by molar-refractivity contribution is -0.384. The third-order valence-corrected chi connectivity index (χ3v) is 7.21. The largest absolute Gasteiger partial charge is 0.444 e. The van der Waals surface area contributed by atoms with Crippen LogP contribution in [0.2, 0.25) is 0 Å². The summed E-state index contributed by atoms with van der Waals surface area (Å²) in [4.78, 5) is 30.6. The first-order valence-corrected chi connectivity index (χ1v) is 13.8. The molecule has 0 atom stereocenters. The van der Waals surface area contributed by atoms with Crippen LogP contribution in [0.5, 0.6) is 0 Å². The lowest BCUT2D eigenvalue weighted by Crippen LogP contribution is -2.52. The number of alkyl carbamates (subject to hydrolysis) is 1. The first-order chi connectivity index (χ1) is 19.6. The summed E-state index contributed by atoms with van der Waals surface area (Å²) in [5.74, 6) is 0.603. The van der Waals surface area contributed by atoms with Gasteiger partial charge in [0.05, 0.1) is 23.7 Å². The van der Waals surface area contributed by atoms with Gasteiger partial charge in [-0.2, -0.15) is 0 Å². The molecule has 1 saturated carbocycles. The second-order valence-electron chi connectivity index (χ2n) is 11.4. The van der Waals surface area contributed by atoms with Crippen molar-refractivity contribution in [3.05, 3.63) is 76.3 Å². The van der Waals surface area contributed by atoms with Crippen molar-refractivity contribution in [3.63, 3.8) is 0 Å². The predicted octanol–water partition coefficient (Wildman–Crippen LogP) is 6.22. The molecule has 0 unspecified atom stereocenters. The van der Waals surface area contributed by atoms with Crippen LogP contribution in [0, 0.1) is 10.1 Å². The van der Waals surface area contributed by atoms with Crippen LogP contribution in [0.25, 0.3) is 0 Å². The molecule has 216 valence electrons. The number of morpholine rings is 1. The number of hydrogen-bond acceptors (Lipinski definition) is 9. The Morgan fingerprint density at radius 2 is 1.76 bits per heavy atom. The van der Waals surface area contributed by atoms with E-state index >= 15 is 0 Å². The van der Waals surface area contributed by atoms with Crippen molar-refractivity contribution in [1.29, 1.82) is 0 Å². The molecule has 0 spiro atoms. The van der Waals surface area contributed by atoms with Crippen LogP contribution in [0.4, 0.5) is 39.2 Å². The van der Waals surface area contributed by atoms with Crippen LogP contribution in [0.3, 0.4) is 0 Å². The second-order valence-corrected chi connectivity index (χ2v) is 11.4. The van der Waals surface area contributed by atoms with E-state index in [-0.39, 0.29) is 11.5 Å². The fourth-order valence-corrected chi connectivity index (χ4v) is 5.03. The molecule has 5 rings (SSSR count). The van der Waals surface area contributed by atoms with Crippen LogP contribution in [0.15, 0.2) is 60.7 Å². The van der Waals surface area contributed by atoms with E-state index in [0.717, 1.165) is 49.3 Å². The normalized spacial score (nSPS) is 16.3. The van der Waals surface area contributed by atoms with Crippen molar-refractivity contribution in [2.45, 2.75) is 51.2 Å². The Hall–Kier alpha value is -4.38. The standard InChI is InChI=1S/C30H36N6O5/c1-29(2,3)41-28(37)34-30(14-5-15-30)21-8-10-22(11-9-21)32-27-25(36(38)39)12-13-26(33-27)31-23-6-4-7-24(20-23)35-16-18-40-19-17-35/h4,6-13,20H,5,14-19H2,1-3H3,(H,34,37)(H2,31,32,33). The highest BCUT2D eigenvalue weighted by molar-refractivity contribution is 5.72. The minimum atomic E-state index is -0.584. The summed E-state index contributed by atoms with van der Waals surface area (Å²) in [6.45, 7) is 8.54. The molecule has 2 heterocycles. The maximum atomic E-state index is 12.5. The zero-order valence-electron chi connectivity index (χ0n) is 23.6. The number of nitrogens with zero attached hydrogens (tertiary/aromatic N) is 3. The quantitative estimate of drug-likeness (QED) is 0.217. The average molecular weight is 561 g/mol. The minimum absolute atomic E-state index is 0.127. The Bertz CT molecular complexity index is 1400. The van der Waals surface area contributed by atoms with Gasteiger partial charge in [-0.15, -0.1) is 0 Å². The van der Waals surface area contributed by atoms with Crippen LogP contribution in [0.1, 0.15) is 45.6 Å². The summed E-state index contributed by atoms with van der Waals surface area (Å²) < 4.78 is 10.9. The van der Waals surface area contributed by atoms with E-state index in [0.29, 0.717) is 24.7 Å². The van der Waals surface area contributed by atoms with E-state index in [9.17, 15) is 14.9 Å². The first-order valence-electron chi connectivity index (χ1n) is 13.8. The van der Waals surface area contributed by atoms with E-state index < -0.39 is 22.2 Å². The van der Waals surface area contributed by atoms with Crippen LogP contribution in [-0.4, -0.2) is 47.9 Å². The molecule has 3 N–H and O–H groups in total. The number of hydrogen-bond donors (Lipinski definition) is 3. The number of benzene rings is 2. The number of amides is 1. The molecular weight excluding hydrogens is 524 g/mol. The highest BCUT2D eigenvalue weighted by Gasteiger charge is 2.41. The Labute approximate surface area is 239 Å². The number of rotatable bonds is 8. The second kappa shape index (κ2) is 11.6. The van der Waals surface area contributed by atoms with Crippen molar-refractivity contribution >= 4 is 40.5 Å². The molecule has 1 aliphatic heterocycles. The molecule has 2 aromatic carbocycles. The van der Waals surface area contributed by atoms with E-state index in [1.54, 1.807) is 6.07 Å². The van der Waals surface area contributed by atoms with E-state index in [2.05, 4.69) is 25.8 Å². The summed E-state index contributed by atoms with van der Waals surface area (Å²) in [7, 11) is 0. The monoisotopic (exact) mass is 560 g/mol. The van der Waals surface area contributed by atoms with Gasteiger partial charge in [-0.25, -0.2) is 9.78 Å². The summed E-state index contributed by atoms with van der Waals surface area (Å²) in [6.07, 6.45) is 2.18. The average Bonchev–Trinajstić information content (AvgIpc) is 2.91. The maximum absolute atomic E-state index is 12.5. The Kier molecular flexibility index (Phi) is 7.98. The van der Waals surface area contributed by atoms with Crippen molar-refractivity contribution in [2.75, 3.05) is 41.8 Å². The topological polar surface area (TPSA) is 131 Å². The fraction of sp³-hybridized carbons (Fsp3) is 0.400. The molecule has 3 aromatic rings. The van der Waals surface area contributed by atoms with E-state index in [4.69, 9.17) is 9.47 Å². The fourth-order valence-electron chi connectivity index (χ4n) is 5.03. The summed E-state index contributed by atoms with van der Waals surface area (Å²) in [5, 5.41) is 21.2. The summed E-state index contributed by atoms with van der Waals surface area (Å²) >= 11 is 0. The Morgan fingerprint density at radius 1 is 1.02 bits per heavy atom. The molecule has 11 heteroatoms. The SMILES string of the molecule is CC(C)(C)OC(=O)NC1(c2ccc(Nc3nc(Nc4cccc(N5CCOCC5)c4)ccc3[N+](=O)[O-])cc2)CCC1. The number of carbonyl (C=O) groups is 1. The molecule has 2 aliphatic rings. The van der Waals surface area contributed by atoms with Gasteiger partial charge in [0.1, 0.15) is 11.4 Å². The van der Waals surface area contributed by atoms with Gasteiger partial charge >= 0.3 is 11.8 Å². The molecule has 11 nitrogen and oxygen atoms in total. The van der Waals surface area contributed by atoms with E-state index in [1.165, 1.54) is 6.07 Å². The molecule has 1 aromatic heterocycles. The highest BCUT2D eigenvalue weighted by atomic mass is 16.6. The number of ether oxygens (including phenoxy) is 2. The van der Waals surface area contributed by atoms with Gasteiger partial charge in [0.25, 0.3) is 0 Å². The molecule has 1 aliphatic carbocycles. The lowest BCUT2D eigenvalue weighted by atomic mass is 9.72. The highest BCUT2D eigenvalue weighted by Crippen LogP contribution is 2.42. The Balaban J connectivity index is 1.31. The number of aromatic nitrogens is 1. The molecule has 0 bridgehead atoms. The van der Waals surface area contributed by atoms with Gasteiger partial charge in [-0.3, -0.25) is 10.1 Å². The van der Waals surface area contributed by atoms with Crippen molar-refractivity contribution < 1.29 is 19.2 Å². The van der Waals surface area contributed by atoms with Gasteiger partial charge in [-0.1, -0.05) is 18.2 Å². The van der Waals surface area contributed by atoms with Gasteiger partial charge in [0.2, 0.25) is 5.82 Å². The number of nitrogens with one attached hydrogen (secondary N) is 3. The molecule has 2 fully saturated rings. The first kappa shape index (κ1) is 28.2. The maximum Gasteiger partial charge on any atom is 0.408 e. The van der Waals surface area contributed by atoms with Gasteiger partial charge < -0.3 is 30.3 Å². The number of pyridine rings is 1. The summed E-state index contributed by atoms with van der Waals surface area (Å²) in [5.41, 5.74) is 2.30. The summed E-state index contributed by atoms with van der Waals surface area (Å²) in [6, 6.07) is 18.5. The van der Waals surface area contributed by atoms with Gasteiger partial charge in [0, 0.05) is 36.2 Å². The minimum Gasteiger partial charge on any atom is -0.444 e. The van der Waals surface area contributed by atoms with Crippen LogP contribution < -0.4 is 20.9 Å². The lowest BCUT2D eigenvalue weighted by Gasteiger charge is -2.43. The third kappa shape index (κ3) is 6.86.